The second-order valence-electron chi connectivity index (χ2n) is 10.4. The zero-order valence-corrected chi connectivity index (χ0v) is 25.3. The quantitative estimate of drug-likeness (QED) is 0.0862. The first kappa shape index (κ1) is 32.1. The number of aliphatic hydroxyl groups excluding tert-OH is 2. The van der Waals surface area contributed by atoms with Gasteiger partial charge in [0.25, 0.3) is 5.56 Å². The summed E-state index contributed by atoms with van der Waals surface area (Å²) in [6, 6.07) is 0. The molecular weight excluding hydrogens is 678 g/mol. The standard InChI is InChI=1S/C21H26N10O14P2/c22-15-9-16(25-3-24-15)30(4-26-9)19-11(33)12-7(42-19)1-40-47(37,38)45-14-13(39-6-32)8(2-41-46(35,36)44-12)43-20(14)31-5-27-10-17(31)28-21(23)29-18(10)34/h3-5,7-8,11-14,19-20,32-33H,1-2,6H2,(H,35,36)(H,37,38)(H2,22,24,25)(H3,23,28,29,34)/t7-,8-,11?,12?,13?,14?,19-,20-/m1/s1. The lowest BCUT2D eigenvalue weighted by molar-refractivity contribution is -0.106. The van der Waals surface area contributed by atoms with Crippen molar-refractivity contribution in [1.82, 2.24) is 39.0 Å². The number of hydrogen-bond donors (Lipinski definition) is 7. The maximum atomic E-state index is 13.4. The van der Waals surface area contributed by atoms with E-state index in [9.17, 15) is 33.9 Å². The summed E-state index contributed by atoms with van der Waals surface area (Å²) in [7, 11) is -10.2. The molecule has 0 spiro atoms. The molecule has 7 heterocycles. The first-order chi connectivity index (χ1) is 22.4. The van der Waals surface area contributed by atoms with Gasteiger partial charge >= 0.3 is 15.6 Å². The van der Waals surface area contributed by atoms with Crippen molar-refractivity contribution in [2.75, 3.05) is 31.5 Å². The molecule has 0 saturated carbocycles. The van der Waals surface area contributed by atoms with Crippen molar-refractivity contribution in [2.24, 2.45) is 0 Å². The molecule has 254 valence electrons. The van der Waals surface area contributed by atoms with E-state index in [-0.39, 0.29) is 34.1 Å². The summed E-state index contributed by atoms with van der Waals surface area (Å²) in [5.74, 6) is -0.256. The number of fused-ring (bicyclic) bond motifs is 5. The smallest absolute Gasteiger partial charge is 0.386 e. The predicted molar refractivity (Wildman–Crippen MR) is 149 cm³/mol. The minimum absolute atomic E-state index is 0.0309. The van der Waals surface area contributed by atoms with Gasteiger partial charge in [-0.3, -0.25) is 37.0 Å². The number of aliphatic hydroxyl groups is 2. The lowest BCUT2D eigenvalue weighted by Crippen LogP contribution is -2.38. The van der Waals surface area contributed by atoms with Crippen LogP contribution in [0, 0.1) is 0 Å². The molecule has 26 heteroatoms. The maximum Gasteiger partial charge on any atom is 0.472 e. The number of imidazole rings is 2. The van der Waals surface area contributed by atoms with Gasteiger partial charge in [-0.25, -0.2) is 29.1 Å². The number of nitrogen functional groups attached to an aromatic ring is 2. The van der Waals surface area contributed by atoms with E-state index >= 15 is 0 Å². The Kier molecular flexibility index (Phi) is 8.12. The van der Waals surface area contributed by atoms with Crippen LogP contribution >= 0.6 is 15.6 Å². The molecule has 10 atom stereocenters. The number of hydrogen-bond acceptors (Lipinski definition) is 19. The first-order valence-corrected chi connectivity index (χ1v) is 16.5. The summed E-state index contributed by atoms with van der Waals surface area (Å²) in [6.45, 7) is -2.58. The van der Waals surface area contributed by atoms with Crippen molar-refractivity contribution in [3.63, 3.8) is 0 Å². The molecule has 24 nitrogen and oxygen atoms in total. The van der Waals surface area contributed by atoms with Crippen molar-refractivity contribution >= 4 is 49.7 Å². The van der Waals surface area contributed by atoms with Crippen molar-refractivity contribution in [3.05, 3.63) is 29.3 Å². The fourth-order valence-electron chi connectivity index (χ4n) is 5.57. The molecule has 47 heavy (non-hydrogen) atoms. The van der Waals surface area contributed by atoms with Crippen molar-refractivity contribution in [2.45, 2.75) is 49.1 Å². The van der Waals surface area contributed by atoms with Gasteiger partial charge in [-0.2, -0.15) is 4.98 Å². The Morgan fingerprint density at radius 2 is 1.55 bits per heavy atom. The molecule has 4 aromatic heterocycles. The summed E-state index contributed by atoms with van der Waals surface area (Å²) in [4.78, 5) is 56.3. The van der Waals surface area contributed by atoms with Crippen LogP contribution in [0.2, 0.25) is 0 Å². The van der Waals surface area contributed by atoms with E-state index in [1.165, 1.54) is 10.9 Å². The van der Waals surface area contributed by atoms with Crippen molar-refractivity contribution in [3.8, 4) is 0 Å². The van der Waals surface area contributed by atoms with Gasteiger partial charge in [0.1, 0.15) is 55.3 Å². The predicted octanol–water partition coefficient (Wildman–Crippen LogP) is -2.37. The van der Waals surface area contributed by atoms with Crippen LogP contribution in [0.4, 0.5) is 11.8 Å². The Morgan fingerprint density at radius 3 is 2.28 bits per heavy atom. The van der Waals surface area contributed by atoms with E-state index in [0.717, 1.165) is 17.2 Å². The van der Waals surface area contributed by atoms with Gasteiger partial charge in [-0.1, -0.05) is 0 Å². The summed E-state index contributed by atoms with van der Waals surface area (Å²) in [5, 5.41) is 20.8. The van der Waals surface area contributed by atoms with Crippen LogP contribution in [-0.4, -0.2) is 116 Å². The molecule has 3 aliphatic heterocycles. The summed E-state index contributed by atoms with van der Waals surface area (Å²) >= 11 is 0. The minimum atomic E-state index is -5.14. The van der Waals surface area contributed by atoms with E-state index in [1.54, 1.807) is 0 Å². The third-order valence-corrected chi connectivity index (χ3v) is 9.53. The van der Waals surface area contributed by atoms with Crippen LogP contribution < -0.4 is 17.0 Å². The number of phosphoric ester groups is 2. The van der Waals surface area contributed by atoms with Crippen molar-refractivity contribution < 1.29 is 61.4 Å². The number of anilines is 2. The average molecular weight is 704 g/mol. The number of nitrogens with one attached hydrogen (secondary N) is 1. The minimum Gasteiger partial charge on any atom is -0.386 e. The van der Waals surface area contributed by atoms with Crippen LogP contribution in [-0.2, 0) is 41.4 Å². The Hall–Kier alpha value is -3.48. The number of aromatic nitrogens is 8. The average Bonchev–Trinajstić information content (AvgIpc) is 3.76. The molecule has 9 N–H and O–H groups in total. The molecule has 0 aromatic carbocycles. The molecule has 0 radical (unpaired) electrons. The highest BCUT2D eigenvalue weighted by Crippen LogP contribution is 2.54. The number of nitrogens with zero attached hydrogens (tertiary/aromatic N) is 7. The Morgan fingerprint density at radius 1 is 0.915 bits per heavy atom. The Labute approximate surface area is 260 Å². The Bertz CT molecular complexity index is 1970. The Balaban J connectivity index is 1.23. The molecule has 4 aromatic rings. The van der Waals surface area contributed by atoms with Crippen LogP contribution in [0.5, 0.6) is 0 Å². The number of nitrogens with two attached hydrogens (primary N) is 2. The third kappa shape index (κ3) is 5.82. The summed E-state index contributed by atoms with van der Waals surface area (Å²) in [6.07, 6.45) is -8.74. The number of aromatic amines is 1. The molecular formula is C21H26N10O14P2. The fourth-order valence-corrected chi connectivity index (χ4v) is 7.46. The second-order valence-corrected chi connectivity index (χ2v) is 13.2. The van der Waals surface area contributed by atoms with Gasteiger partial charge < -0.3 is 45.7 Å². The van der Waals surface area contributed by atoms with Gasteiger partial charge in [0.05, 0.1) is 25.9 Å². The van der Waals surface area contributed by atoms with E-state index in [4.69, 9.17) is 43.8 Å². The highest BCUT2D eigenvalue weighted by Gasteiger charge is 2.54. The molecule has 2 bridgehead atoms. The van der Waals surface area contributed by atoms with Gasteiger partial charge in [0.2, 0.25) is 5.95 Å². The van der Waals surface area contributed by atoms with E-state index in [0.29, 0.717) is 0 Å². The van der Waals surface area contributed by atoms with Gasteiger partial charge in [0, 0.05) is 0 Å². The number of H-pyrrole nitrogens is 1. The van der Waals surface area contributed by atoms with E-state index in [1.807, 2.05) is 0 Å². The van der Waals surface area contributed by atoms with Gasteiger partial charge in [0.15, 0.2) is 35.1 Å². The highest BCUT2D eigenvalue weighted by molar-refractivity contribution is 7.47. The maximum absolute atomic E-state index is 13.4. The molecule has 0 amide bonds. The largest absolute Gasteiger partial charge is 0.472 e. The van der Waals surface area contributed by atoms with Crippen LogP contribution in [0.3, 0.4) is 0 Å². The SMILES string of the molecule is Nc1nc2c(ncn2[C@@H]2O[C@@H]3COP(=O)(O)OC4C(O)[C@H](n5cnc6c(N)ncnc65)O[C@@H]4COP(=O)(O)OC2C3OCO)c(=O)[nH]1. The molecule has 3 aliphatic rings. The molecule has 6 unspecified atom stereocenters. The van der Waals surface area contributed by atoms with Crippen molar-refractivity contribution in [1.29, 1.82) is 0 Å². The summed E-state index contributed by atoms with van der Waals surface area (Å²) in [5.41, 5.74) is 10.8. The number of ether oxygens (including phenoxy) is 3. The molecule has 7 rings (SSSR count). The fraction of sp³-hybridized carbons (Fsp3) is 0.524. The zero-order chi connectivity index (χ0) is 33.2. The monoisotopic (exact) mass is 704 g/mol. The van der Waals surface area contributed by atoms with Crippen LogP contribution in [0.25, 0.3) is 22.3 Å². The van der Waals surface area contributed by atoms with Gasteiger partial charge in [-0.05, 0) is 0 Å². The molecule has 3 fully saturated rings. The normalized spacial score (nSPS) is 36.6. The zero-order valence-electron chi connectivity index (χ0n) is 23.5. The molecule has 3 saturated heterocycles. The third-order valence-electron chi connectivity index (χ3n) is 7.56. The van der Waals surface area contributed by atoms with Crippen LogP contribution in [0.15, 0.2) is 23.8 Å². The topological polar surface area (TPSA) is 339 Å². The van der Waals surface area contributed by atoms with Gasteiger partial charge in [-0.15, -0.1) is 0 Å². The summed E-state index contributed by atoms with van der Waals surface area (Å²) < 4.78 is 67.3. The lowest BCUT2D eigenvalue weighted by Gasteiger charge is -2.26. The number of phosphoric acid groups is 2. The number of rotatable bonds is 4. The second kappa shape index (κ2) is 11.9. The van der Waals surface area contributed by atoms with E-state index < -0.39 is 90.3 Å². The molecule has 0 aliphatic carbocycles. The lowest BCUT2D eigenvalue weighted by atomic mass is 10.1. The van der Waals surface area contributed by atoms with E-state index in [2.05, 4.69) is 29.9 Å². The van der Waals surface area contributed by atoms with Crippen LogP contribution in [0.1, 0.15) is 12.5 Å². The highest BCUT2D eigenvalue weighted by atomic mass is 31.2. The first-order valence-electron chi connectivity index (χ1n) is 13.5.